The lowest BCUT2D eigenvalue weighted by Gasteiger charge is -2.28. The molecule has 1 aliphatic heterocycles. The summed E-state index contributed by atoms with van der Waals surface area (Å²) in [6, 6.07) is 8.06. The molecule has 0 saturated heterocycles. The number of alkyl halides is 6. The van der Waals surface area contributed by atoms with Crippen LogP contribution in [-0.4, -0.2) is 22.6 Å². The molecule has 0 aliphatic carbocycles. The van der Waals surface area contributed by atoms with Crippen LogP contribution in [0.3, 0.4) is 0 Å². The number of nitrogens with zero attached hydrogens (tertiary/aromatic N) is 3. The van der Waals surface area contributed by atoms with Gasteiger partial charge in [0, 0.05) is 17.5 Å². The summed E-state index contributed by atoms with van der Waals surface area (Å²) in [4.78, 5) is 12.3. The second-order valence-electron chi connectivity index (χ2n) is 6.22. The van der Waals surface area contributed by atoms with Crippen molar-refractivity contribution < 1.29 is 31.1 Å². The quantitative estimate of drug-likeness (QED) is 0.728. The topological polar surface area (TPSA) is 57.1 Å². The first kappa shape index (κ1) is 21.3. The third-order valence-electron chi connectivity index (χ3n) is 4.18. The molecule has 0 saturated carbocycles. The molecular weight excluding hydrogens is 414 g/mol. The Bertz CT molecular complexity index is 992. The van der Waals surface area contributed by atoms with Gasteiger partial charge in [-0.1, -0.05) is 31.2 Å². The molecular formula is C19H14F6N4O. The van der Waals surface area contributed by atoms with E-state index in [-0.39, 0.29) is 29.2 Å². The summed E-state index contributed by atoms with van der Waals surface area (Å²) < 4.78 is 76.5. The highest BCUT2D eigenvalue weighted by Crippen LogP contribution is 2.30. The first-order valence-electron chi connectivity index (χ1n) is 8.61. The number of benzene rings is 2. The molecule has 11 heteroatoms. The number of halogens is 6. The number of hydrogen-bond acceptors (Lipinski definition) is 4. The van der Waals surface area contributed by atoms with E-state index in [0.29, 0.717) is 0 Å². The van der Waals surface area contributed by atoms with E-state index < -0.39 is 29.4 Å². The summed E-state index contributed by atoms with van der Waals surface area (Å²) in [5, 5.41) is 8.80. The Hall–Kier alpha value is -3.37. The highest BCUT2D eigenvalue weighted by molar-refractivity contribution is 6.12. The Kier molecular flexibility index (Phi) is 5.55. The highest BCUT2D eigenvalue weighted by atomic mass is 19.4. The van der Waals surface area contributed by atoms with E-state index in [1.165, 1.54) is 12.1 Å². The summed E-state index contributed by atoms with van der Waals surface area (Å²) in [5.74, 6) is -0.486. The van der Waals surface area contributed by atoms with Gasteiger partial charge >= 0.3 is 12.4 Å². The smallest absolute Gasteiger partial charge is 0.273 e. The first-order chi connectivity index (χ1) is 14.0. The van der Waals surface area contributed by atoms with Gasteiger partial charge in [0.25, 0.3) is 0 Å². The van der Waals surface area contributed by atoms with Crippen molar-refractivity contribution in [1.29, 1.82) is 0 Å². The van der Waals surface area contributed by atoms with E-state index >= 15 is 0 Å². The van der Waals surface area contributed by atoms with Crippen LogP contribution < -0.4 is 5.43 Å². The molecule has 2 aromatic rings. The van der Waals surface area contributed by atoms with Crippen molar-refractivity contribution in [3.05, 3.63) is 70.8 Å². The summed E-state index contributed by atoms with van der Waals surface area (Å²) in [6.45, 7) is 1.57. The number of rotatable bonds is 3. The fraction of sp³-hybridized carbons (Fsp3) is 0.211. The molecule has 3 rings (SSSR count). The van der Waals surface area contributed by atoms with E-state index in [0.717, 1.165) is 41.4 Å². The lowest BCUT2D eigenvalue weighted by Crippen LogP contribution is -2.52. The number of hydrazine groups is 1. The van der Waals surface area contributed by atoms with Crippen LogP contribution in [0.4, 0.5) is 26.3 Å². The number of amidine groups is 2. The second-order valence-corrected chi connectivity index (χ2v) is 6.22. The maximum atomic E-state index is 12.8. The van der Waals surface area contributed by atoms with Crippen molar-refractivity contribution >= 4 is 17.6 Å². The Labute approximate surface area is 166 Å². The SMILES string of the molecule is CCC(=O)N1NC(c2ccc(C(F)(F)F)cc2)=NN=C1c1ccc(C(F)(F)F)cc1. The summed E-state index contributed by atoms with van der Waals surface area (Å²) in [5.41, 5.74) is 1.40. The van der Waals surface area contributed by atoms with Crippen molar-refractivity contribution in [2.75, 3.05) is 0 Å². The Morgan fingerprint density at radius 2 is 1.30 bits per heavy atom. The zero-order valence-electron chi connectivity index (χ0n) is 15.3. The molecule has 0 bridgehead atoms. The van der Waals surface area contributed by atoms with E-state index in [1.807, 2.05) is 0 Å². The largest absolute Gasteiger partial charge is 0.416 e. The van der Waals surface area contributed by atoms with Crippen molar-refractivity contribution in [2.24, 2.45) is 10.2 Å². The van der Waals surface area contributed by atoms with Crippen LogP contribution in [0.15, 0.2) is 58.7 Å². The van der Waals surface area contributed by atoms with E-state index in [1.54, 1.807) is 6.92 Å². The second kappa shape index (κ2) is 7.81. The maximum absolute atomic E-state index is 12.8. The number of nitrogens with one attached hydrogen (secondary N) is 1. The minimum absolute atomic E-state index is 0.0150. The van der Waals surface area contributed by atoms with Gasteiger partial charge in [-0.05, 0) is 24.3 Å². The van der Waals surface area contributed by atoms with Crippen molar-refractivity contribution in [1.82, 2.24) is 10.4 Å². The number of hydrogen-bond donors (Lipinski definition) is 1. The lowest BCUT2D eigenvalue weighted by molar-refractivity contribution is -0.138. The van der Waals surface area contributed by atoms with Crippen LogP contribution in [-0.2, 0) is 17.1 Å². The first-order valence-corrected chi connectivity index (χ1v) is 8.61. The van der Waals surface area contributed by atoms with E-state index in [4.69, 9.17) is 0 Å². The minimum Gasteiger partial charge on any atom is -0.273 e. The van der Waals surface area contributed by atoms with Crippen LogP contribution in [0.2, 0.25) is 0 Å². The van der Waals surface area contributed by atoms with Crippen LogP contribution in [0.1, 0.15) is 35.6 Å². The molecule has 1 heterocycles. The number of amides is 1. The van der Waals surface area contributed by atoms with Crippen molar-refractivity contribution in [3.8, 4) is 0 Å². The molecule has 1 N–H and O–H groups in total. The van der Waals surface area contributed by atoms with Crippen LogP contribution in [0.5, 0.6) is 0 Å². The summed E-state index contributed by atoms with van der Waals surface area (Å²) in [7, 11) is 0. The van der Waals surface area contributed by atoms with Gasteiger partial charge in [0.2, 0.25) is 5.91 Å². The molecule has 5 nitrogen and oxygen atoms in total. The Morgan fingerprint density at radius 3 is 1.73 bits per heavy atom. The van der Waals surface area contributed by atoms with Crippen LogP contribution in [0.25, 0.3) is 0 Å². The average Bonchev–Trinajstić information content (AvgIpc) is 2.71. The van der Waals surface area contributed by atoms with Gasteiger partial charge in [0.1, 0.15) is 0 Å². The monoisotopic (exact) mass is 428 g/mol. The predicted octanol–water partition coefficient (Wildman–Crippen LogP) is 4.59. The van der Waals surface area contributed by atoms with Gasteiger partial charge in [-0.15, -0.1) is 10.2 Å². The van der Waals surface area contributed by atoms with E-state index in [9.17, 15) is 31.1 Å². The number of carbonyl (C=O) groups is 1. The molecule has 0 aromatic heterocycles. The van der Waals surface area contributed by atoms with Crippen LogP contribution >= 0.6 is 0 Å². The average molecular weight is 428 g/mol. The molecule has 0 atom stereocenters. The van der Waals surface area contributed by atoms with Gasteiger partial charge in [0.15, 0.2) is 11.7 Å². The molecule has 0 radical (unpaired) electrons. The number of carbonyl (C=O) groups excluding carboxylic acids is 1. The predicted molar refractivity (Wildman–Crippen MR) is 96.2 cm³/mol. The molecule has 1 amide bonds. The van der Waals surface area contributed by atoms with Gasteiger partial charge < -0.3 is 0 Å². The summed E-state index contributed by atoms with van der Waals surface area (Å²) in [6.07, 6.45) is -8.98. The fourth-order valence-electron chi connectivity index (χ4n) is 2.60. The van der Waals surface area contributed by atoms with Crippen molar-refractivity contribution in [3.63, 3.8) is 0 Å². The van der Waals surface area contributed by atoms with Gasteiger partial charge in [0.05, 0.1) is 11.1 Å². The molecule has 0 spiro atoms. The molecule has 30 heavy (non-hydrogen) atoms. The fourth-order valence-corrected chi connectivity index (χ4v) is 2.60. The Balaban J connectivity index is 1.96. The molecule has 0 unspecified atom stereocenters. The van der Waals surface area contributed by atoms with Gasteiger partial charge in [-0.25, -0.2) is 5.01 Å². The zero-order valence-corrected chi connectivity index (χ0v) is 15.3. The third kappa shape index (κ3) is 4.44. The normalized spacial score (nSPS) is 14.7. The van der Waals surface area contributed by atoms with Crippen molar-refractivity contribution in [2.45, 2.75) is 25.7 Å². The molecule has 0 fully saturated rings. The molecule has 2 aromatic carbocycles. The van der Waals surface area contributed by atoms with Gasteiger partial charge in [-0.2, -0.15) is 26.3 Å². The van der Waals surface area contributed by atoms with Crippen LogP contribution in [0, 0.1) is 0 Å². The van der Waals surface area contributed by atoms with Gasteiger partial charge in [-0.3, -0.25) is 10.2 Å². The zero-order chi connectivity index (χ0) is 22.1. The molecule has 1 aliphatic rings. The standard InChI is InChI=1S/C19H14F6N4O/c1-2-15(30)29-17(12-5-9-14(10-6-12)19(23,24)25)27-26-16(28-29)11-3-7-13(8-4-11)18(20,21)22/h3-10H,2H2,1H3,(H,26,28). The third-order valence-corrected chi connectivity index (χ3v) is 4.18. The van der Waals surface area contributed by atoms with E-state index in [2.05, 4.69) is 15.6 Å². The maximum Gasteiger partial charge on any atom is 0.416 e. The highest BCUT2D eigenvalue weighted by Gasteiger charge is 2.32. The summed E-state index contributed by atoms with van der Waals surface area (Å²) >= 11 is 0. The lowest BCUT2D eigenvalue weighted by atomic mass is 10.1. The minimum atomic E-state index is -4.52. The molecule has 158 valence electrons. The Morgan fingerprint density at radius 1 is 0.833 bits per heavy atom.